The second-order valence-corrected chi connectivity index (χ2v) is 6.05. The zero-order valence-corrected chi connectivity index (χ0v) is 18.4. The predicted octanol–water partition coefficient (Wildman–Crippen LogP) is 4.40. The maximum absolute atomic E-state index is 12.1. The van der Waals surface area contributed by atoms with Crippen LogP contribution in [0.4, 0.5) is 13.2 Å². The van der Waals surface area contributed by atoms with E-state index in [0.717, 1.165) is 39.0 Å². The van der Waals surface area contributed by atoms with Crippen molar-refractivity contribution < 1.29 is 13.2 Å². The van der Waals surface area contributed by atoms with E-state index >= 15 is 0 Å². The van der Waals surface area contributed by atoms with E-state index in [0.29, 0.717) is 18.9 Å². The fraction of sp³-hybridized carbons (Fsp3) is 0.941. The number of hydrogen-bond acceptors (Lipinski definition) is 2. The average molecular weight is 480 g/mol. The molecule has 0 spiro atoms. The van der Waals surface area contributed by atoms with E-state index in [1.807, 2.05) is 6.92 Å². The summed E-state index contributed by atoms with van der Waals surface area (Å²) in [5.41, 5.74) is 0. The molecular formula is C17H36F3IN4. The van der Waals surface area contributed by atoms with Crippen LogP contribution in [0.3, 0.4) is 0 Å². The topological polar surface area (TPSA) is 39.7 Å². The summed E-state index contributed by atoms with van der Waals surface area (Å²) >= 11 is 0. The molecule has 0 rings (SSSR count). The number of alkyl halides is 3. The van der Waals surface area contributed by atoms with Crippen LogP contribution >= 0.6 is 24.0 Å². The lowest BCUT2D eigenvalue weighted by molar-refractivity contribution is -0.135. The third-order valence-corrected chi connectivity index (χ3v) is 3.87. The third kappa shape index (κ3) is 16.9. The van der Waals surface area contributed by atoms with Gasteiger partial charge in [0.2, 0.25) is 0 Å². The van der Waals surface area contributed by atoms with Gasteiger partial charge < -0.3 is 15.5 Å². The van der Waals surface area contributed by atoms with Crippen molar-refractivity contribution in [1.82, 2.24) is 15.5 Å². The van der Waals surface area contributed by atoms with Crippen molar-refractivity contribution in [3.63, 3.8) is 0 Å². The molecule has 1 atom stereocenters. The summed E-state index contributed by atoms with van der Waals surface area (Å²) in [4.78, 5) is 6.76. The van der Waals surface area contributed by atoms with Gasteiger partial charge in [0.25, 0.3) is 0 Å². The van der Waals surface area contributed by atoms with Crippen LogP contribution in [0.2, 0.25) is 0 Å². The lowest BCUT2D eigenvalue weighted by Crippen LogP contribution is -2.42. The van der Waals surface area contributed by atoms with E-state index < -0.39 is 12.6 Å². The molecule has 0 aromatic rings. The van der Waals surface area contributed by atoms with E-state index in [9.17, 15) is 13.2 Å². The Morgan fingerprint density at radius 2 is 1.72 bits per heavy atom. The number of aliphatic imine (C=N–C) groups is 1. The van der Waals surface area contributed by atoms with Gasteiger partial charge in [-0.05, 0) is 59.2 Å². The molecule has 0 amide bonds. The fourth-order valence-electron chi connectivity index (χ4n) is 2.41. The number of rotatable bonds is 12. The number of nitrogens with zero attached hydrogens (tertiary/aromatic N) is 2. The number of nitrogens with one attached hydrogen (secondary N) is 2. The molecule has 0 aliphatic carbocycles. The molecule has 0 aromatic carbocycles. The van der Waals surface area contributed by atoms with Crippen molar-refractivity contribution in [2.24, 2.45) is 4.99 Å². The van der Waals surface area contributed by atoms with Gasteiger partial charge in [0.1, 0.15) is 0 Å². The van der Waals surface area contributed by atoms with Crippen LogP contribution in [-0.2, 0) is 0 Å². The molecule has 8 heteroatoms. The van der Waals surface area contributed by atoms with Gasteiger partial charge in [-0.1, -0.05) is 13.8 Å². The van der Waals surface area contributed by atoms with Crippen molar-refractivity contribution in [2.75, 3.05) is 32.7 Å². The molecule has 0 saturated carbocycles. The molecular weight excluding hydrogens is 444 g/mol. The molecule has 0 heterocycles. The summed E-state index contributed by atoms with van der Waals surface area (Å²) < 4.78 is 36.3. The summed E-state index contributed by atoms with van der Waals surface area (Å²) in [6, 6.07) is 0.286. The zero-order chi connectivity index (χ0) is 18.4. The van der Waals surface area contributed by atoms with Gasteiger partial charge in [-0.2, -0.15) is 13.2 Å². The molecule has 0 radical (unpaired) electrons. The Bertz CT molecular complexity index is 334. The first-order valence-electron chi connectivity index (χ1n) is 9.16. The summed E-state index contributed by atoms with van der Waals surface area (Å²) in [5, 5.41) is 6.48. The first-order chi connectivity index (χ1) is 11.3. The molecule has 1 unspecified atom stereocenters. The van der Waals surface area contributed by atoms with Crippen LogP contribution < -0.4 is 10.6 Å². The van der Waals surface area contributed by atoms with E-state index in [1.165, 1.54) is 0 Å². The van der Waals surface area contributed by atoms with Gasteiger partial charge >= 0.3 is 6.18 Å². The van der Waals surface area contributed by atoms with E-state index in [4.69, 9.17) is 0 Å². The van der Waals surface area contributed by atoms with Crippen LogP contribution in [0.15, 0.2) is 4.99 Å². The Kier molecular flexibility index (Phi) is 17.2. The van der Waals surface area contributed by atoms with Crippen LogP contribution in [0.25, 0.3) is 0 Å². The van der Waals surface area contributed by atoms with Crippen molar-refractivity contribution >= 4 is 29.9 Å². The molecule has 0 aliphatic rings. The summed E-state index contributed by atoms with van der Waals surface area (Å²) in [6.45, 7) is 12.8. The SMILES string of the molecule is CCNC(=NCCCCC(F)(F)F)NC(C)CCCN(CC)CC.I. The van der Waals surface area contributed by atoms with E-state index in [-0.39, 0.29) is 36.4 Å². The second-order valence-electron chi connectivity index (χ2n) is 6.05. The largest absolute Gasteiger partial charge is 0.389 e. The molecule has 4 nitrogen and oxygen atoms in total. The molecule has 0 aromatic heterocycles. The lowest BCUT2D eigenvalue weighted by Gasteiger charge is -2.21. The number of unbranched alkanes of at least 4 members (excludes halogenated alkanes) is 1. The minimum Gasteiger partial charge on any atom is -0.357 e. The van der Waals surface area contributed by atoms with E-state index in [1.54, 1.807) is 0 Å². The summed E-state index contributed by atoms with van der Waals surface area (Å²) in [6.07, 6.45) is -2.06. The van der Waals surface area contributed by atoms with Crippen LogP contribution in [0.1, 0.15) is 59.8 Å². The minimum absolute atomic E-state index is 0. The summed E-state index contributed by atoms with van der Waals surface area (Å²) in [5.74, 6) is 0.694. The van der Waals surface area contributed by atoms with Gasteiger partial charge in [-0.3, -0.25) is 4.99 Å². The maximum atomic E-state index is 12.1. The van der Waals surface area contributed by atoms with Crippen LogP contribution in [0.5, 0.6) is 0 Å². The average Bonchev–Trinajstić information content (AvgIpc) is 2.50. The molecule has 25 heavy (non-hydrogen) atoms. The Hall–Kier alpha value is -0.250. The van der Waals surface area contributed by atoms with Gasteiger partial charge in [-0.15, -0.1) is 24.0 Å². The molecule has 0 bridgehead atoms. The second kappa shape index (κ2) is 16.0. The highest BCUT2D eigenvalue weighted by molar-refractivity contribution is 14.0. The Morgan fingerprint density at radius 1 is 1.08 bits per heavy atom. The lowest BCUT2D eigenvalue weighted by atomic mass is 10.2. The van der Waals surface area contributed by atoms with Gasteiger partial charge in [-0.25, -0.2) is 0 Å². The smallest absolute Gasteiger partial charge is 0.357 e. The number of halogens is 4. The molecule has 0 fully saturated rings. The standard InChI is InChI=1S/C17H35F3N4.HI/c1-5-21-16(22-13-9-8-12-17(18,19)20)23-15(4)11-10-14-24(6-2)7-3;/h15H,5-14H2,1-4H3,(H2,21,22,23);1H. The van der Waals surface area contributed by atoms with Gasteiger partial charge in [0.15, 0.2) is 5.96 Å². The highest BCUT2D eigenvalue weighted by Crippen LogP contribution is 2.21. The molecule has 0 aliphatic heterocycles. The third-order valence-electron chi connectivity index (χ3n) is 3.87. The Balaban J connectivity index is 0. The highest BCUT2D eigenvalue weighted by Gasteiger charge is 2.25. The van der Waals surface area contributed by atoms with E-state index in [2.05, 4.69) is 41.3 Å². The monoisotopic (exact) mass is 480 g/mol. The van der Waals surface area contributed by atoms with Gasteiger partial charge in [0, 0.05) is 25.6 Å². The Morgan fingerprint density at radius 3 is 2.24 bits per heavy atom. The van der Waals surface area contributed by atoms with Crippen molar-refractivity contribution in [3.8, 4) is 0 Å². The summed E-state index contributed by atoms with van der Waals surface area (Å²) in [7, 11) is 0. The quantitative estimate of drug-likeness (QED) is 0.188. The highest BCUT2D eigenvalue weighted by atomic mass is 127. The number of guanidine groups is 1. The van der Waals surface area contributed by atoms with Crippen LogP contribution in [0, 0.1) is 0 Å². The van der Waals surface area contributed by atoms with Crippen molar-refractivity contribution in [3.05, 3.63) is 0 Å². The first kappa shape index (κ1) is 27.0. The first-order valence-corrected chi connectivity index (χ1v) is 9.16. The number of hydrogen-bond donors (Lipinski definition) is 2. The molecule has 152 valence electrons. The van der Waals surface area contributed by atoms with Crippen LogP contribution in [-0.4, -0.2) is 55.8 Å². The van der Waals surface area contributed by atoms with Crippen molar-refractivity contribution in [2.45, 2.75) is 72.0 Å². The Labute approximate surface area is 168 Å². The molecule has 0 saturated heterocycles. The normalized spacial score (nSPS) is 13.5. The maximum Gasteiger partial charge on any atom is 0.389 e. The molecule has 2 N–H and O–H groups in total. The van der Waals surface area contributed by atoms with Crippen molar-refractivity contribution in [1.29, 1.82) is 0 Å². The zero-order valence-electron chi connectivity index (χ0n) is 16.1. The predicted molar refractivity (Wildman–Crippen MR) is 111 cm³/mol. The fourth-order valence-corrected chi connectivity index (χ4v) is 2.41. The van der Waals surface area contributed by atoms with Gasteiger partial charge in [0.05, 0.1) is 0 Å². The minimum atomic E-state index is -4.06.